The Hall–Kier alpha value is -2.30. The number of amides is 1. The molecule has 3 N–H and O–H groups in total. The summed E-state index contributed by atoms with van der Waals surface area (Å²) in [6.45, 7) is 4.17. The van der Waals surface area contributed by atoms with Crippen molar-refractivity contribution in [2.24, 2.45) is 17.3 Å². The summed E-state index contributed by atoms with van der Waals surface area (Å²) in [5.74, 6) is -2.03. The van der Waals surface area contributed by atoms with Gasteiger partial charge >= 0.3 is 5.97 Å². The predicted molar refractivity (Wildman–Crippen MR) is 83.4 cm³/mol. The van der Waals surface area contributed by atoms with Crippen LogP contribution in [0.25, 0.3) is 10.9 Å². The second-order valence-corrected chi connectivity index (χ2v) is 6.52. The van der Waals surface area contributed by atoms with E-state index in [0.29, 0.717) is 6.54 Å². The number of hydrogen-bond donors (Lipinski definition) is 3. The van der Waals surface area contributed by atoms with Crippen LogP contribution < -0.4 is 5.32 Å². The zero-order chi connectivity index (χ0) is 15.9. The zero-order valence-electron chi connectivity index (χ0n) is 12.7. The first kappa shape index (κ1) is 14.6. The molecule has 5 heteroatoms. The van der Waals surface area contributed by atoms with E-state index in [9.17, 15) is 9.59 Å². The highest BCUT2D eigenvalue weighted by Crippen LogP contribution is 2.58. The molecule has 116 valence electrons. The van der Waals surface area contributed by atoms with Crippen molar-refractivity contribution >= 4 is 22.8 Å². The van der Waals surface area contributed by atoms with Gasteiger partial charge in [-0.25, -0.2) is 0 Å². The average molecular weight is 300 g/mol. The van der Waals surface area contributed by atoms with E-state index in [-0.39, 0.29) is 5.91 Å². The first-order valence-corrected chi connectivity index (χ1v) is 7.48. The van der Waals surface area contributed by atoms with Gasteiger partial charge in [-0.3, -0.25) is 9.59 Å². The van der Waals surface area contributed by atoms with Crippen molar-refractivity contribution < 1.29 is 14.7 Å². The highest BCUT2D eigenvalue weighted by molar-refractivity contribution is 5.91. The molecule has 1 aromatic carbocycles. The van der Waals surface area contributed by atoms with Crippen LogP contribution in [0.1, 0.15) is 19.4 Å². The van der Waals surface area contributed by atoms with Crippen LogP contribution in [0.5, 0.6) is 0 Å². The molecule has 2 aromatic rings. The molecule has 1 aliphatic carbocycles. The topological polar surface area (TPSA) is 82.2 Å². The monoisotopic (exact) mass is 300 g/mol. The number of benzene rings is 1. The fourth-order valence-corrected chi connectivity index (χ4v) is 3.36. The number of carboxylic acid groups (broad SMARTS) is 1. The molecule has 1 saturated carbocycles. The third-order valence-electron chi connectivity index (χ3n) is 4.74. The first-order chi connectivity index (χ1) is 10.4. The number of para-hydroxylation sites is 1. The van der Waals surface area contributed by atoms with E-state index < -0.39 is 23.2 Å². The van der Waals surface area contributed by atoms with Crippen molar-refractivity contribution in [3.8, 4) is 0 Å². The number of aromatic nitrogens is 1. The van der Waals surface area contributed by atoms with Gasteiger partial charge in [-0.15, -0.1) is 0 Å². The van der Waals surface area contributed by atoms with Crippen molar-refractivity contribution in [2.45, 2.75) is 20.3 Å². The minimum absolute atomic E-state index is 0.155. The number of nitrogens with one attached hydrogen (secondary N) is 2. The molecular formula is C17H20N2O3. The van der Waals surface area contributed by atoms with Crippen LogP contribution in [0.2, 0.25) is 0 Å². The quantitative estimate of drug-likeness (QED) is 0.791. The molecule has 0 aliphatic heterocycles. The van der Waals surface area contributed by atoms with Gasteiger partial charge in [0.15, 0.2) is 0 Å². The molecule has 0 bridgehead atoms. The van der Waals surface area contributed by atoms with Gasteiger partial charge in [-0.1, -0.05) is 32.0 Å². The summed E-state index contributed by atoms with van der Waals surface area (Å²) in [4.78, 5) is 26.5. The molecule has 1 aromatic heterocycles. The summed E-state index contributed by atoms with van der Waals surface area (Å²) in [5, 5.41) is 13.1. The van der Waals surface area contributed by atoms with Gasteiger partial charge in [0.2, 0.25) is 5.91 Å². The van der Waals surface area contributed by atoms with E-state index in [2.05, 4.69) is 10.3 Å². The lowest BCUT2D eigenvalue weighted by Gasteiger charge is -2.05. The van der Waals surface area contributed by atoms with Crippen LogP contribution in [0.15, 0.2) is 30.5 Å². The number of carbonyl (C=O) groups is 2. The molecule has 1 aliphatic rings. The zero-order valence-corrected chi connectivity index (χ0v) is 12.7. The van der Waals surface area contributed by atoms with Gasteiger partial charge in [0.1, 0.15) is 0 Å². The number of carboxylic acids is 1. The highest BCUT2D eigenvalue weighted by Gasteiger charge is 2.65. The minimum Gasteiger partial charge on any atom is -0.481 e. The molecule has 0 spiro atoms. The Morgan fingerprint density at radius 1 is 1.27 bits per heavy atom. The van der Waals surface area contributed by atoms with Crippen LogP contribution in [0.3, 0.4) is 0 Å². The van der Waals surface area contributed by atoms with Crippen molar-refractivity contribution in [2.75, 3.05) is 6.54 Å². The Balaban J connectivity index is 1.58. The number of H-pyrrole nitrogens is 1. The van der Waals surface area contributed by atoms with Gasteiger partial charge in [-0.2, -0.15) is 0 Å². The van der Waals surface area contributed by atoms with Gasteiger partial charge in [0.25, 0.3) is 0 Å². The second kappa shape index (κ2) is 5.16. The van der Waals surface area contributed by atoms with E-state index in [1.807, 2.05) is 44.3 Å². The highest BCUT2D eigenvalue weighted by atomic mass is 16.4. The second-order valence-electron chi connectivity index (χ2n) is 6.52. The van der Waals surface area contributed by atoms with Crippen LogP contribution in [0, 0.1) is 17.3 Å². The third-order valence-corrected chi connectivity index (χ3v) is 4.74. The first-order valence-electron chi connectivity index (χ1n) is 7.48. The van der Waals surface area contributed by atoms with Gasteiger partial charge in [0, 0.05) is 23.6 Å². The molecular weight excluding hydrogens is 280 g/mol. The van der Waals surface area contributed by atoms with E-state index in [1.54, 1.807) is 0 Å². The molecule has 3 rings (SSSR count). The van der Waals surface area contributed by atoms with Crippen molar-refractivity contribution in [3.63, 3.8) is 0 Å². The van der Waals surface area contributed by atoms with E-state index >= 15 is 0 Å². The molecule has 2 atom stereocenters. The van der Waals surface area contributed by atoms with Gasteiger partial charge in [-0.05, 0) is 23.5 Å². The van der Waals surface area contributed by atoms with E-state index in [4.69, 9.17) is 5.11 Å². The van der Waals surface area contributed by atoms with Crippen molar-refractivity contribution in [1.82, 2.24) is 10.3 Å². The Morgan fingerprint density at radius 3 is 2.68 bits per heavy atom. The minimum atomic E-state index is -0.887. The third kappa shape index (κ3) is 2.36. The van der Waals surface area contributed by atoms with Gasteiger partial charge in [0.05, 0.1) is 11.8 Å². The van der Waals surface area contributed by atoms with Crippen LogP contribution in [0.4, 0.5) is 0 Å². The molecule has 0 unspecified atom stereocenters. The maximum absolute atomic E-state index is 12.1. The van der Waals surface area contributed by atoms with E-state index in [0.717, 1.165) is 22.9 Å². The van der Waals surface area contributed by atoms with Crippen LogP contribution in [-0.4, -0.2) is 28.5 Å². The molecule has 1 amide bonds. The van der Waals surface area contributed by atoms with Gasteiger partial charge < -0.3 is 15.4 Å². The fraction of sp³-hybridized carbons (Fsp3) is 0.412. The summed E-state index contributed by atoms with van der Waals surface area (Å²) in [6, 6.07) is 8.03. The SMILES string of the molecule is CC1(C)[C@H](C(=O)O)[C@H]1C(=O)NCCc1c[nH]c2ccccc12. The number of aromatic amines is 1. The Labute approximate surface area is 128 Å². The fourth-order valence-electron chi connectivity index (χ4n) is 3.36. The summed E-state index contributed by atoms with van der Waals surface area (Å²) in [7, 11) is 0. The standard InChI is InChI=1S/C17H20N2O3/c1-17(2)13(14(17)16(21)22)15(20)18-8-7-10-9-19-12-6-4-3-5-11(10)12/h3-6,9,13-14,19H,7-8H2,1-2H3,(H,18,20)(H,21,22)/t13-,14-/m0/s1. The Bertz CT molecular complexity index is 732. The summed E-state index contributed by atoms with van der Waals surface area (Å²) in [5.41, 5.74) is 1.79. The van der Waals surface area contributed by atoms with Crippen molar-refractivity contribution in [3.05, 3.63) is 36.0 Å². The summed E-state index contributed by atoms with van der Waals surface area (Å²) >= 11 is 0. The van der Waals surface area contributed by atoms with Crippen LogP contribution >= 0.6 is 0 Å². The van der Waals surface area contributed by atoms with E-state index in [1.165, 1.54) is 0 Å². The number of rotatable bonds is 5. The summed E-state index contributed by atoms with van der Waals surface area (Å²) in [6.07, 6.45) is 2.68. The molecule has 22 heavy (non-hydrogen) atoms. The Morgan fingerprint density at radius 2 is 2.00 bits per heavy atom. The lowest BCUT2D eigenvalue weighted by Crippen LogP contribution is -2.29. The largest absolute Gasteiger partial charge is 0.481 e. The maximum atomic E-state index is 12.1. The lowest BCUT2D eigenvalue weighted by molar-refractivity contribution is -0.140. The predicted octanol–water partition coefficient (Wildman–Crippen LogP) is 2.18. The number of aliphatic carboxylic acids is 1. The average Bonchev–Trinajstić information content (AvgIpc) is 2.86. The summed E-state index contributed by atoms with van der Waals surface area (Å²) < 4.78 is 0. The van der Waals surface area contributed by atoms with Crippen molar-refractivity contribution in [1.29, 1.82) is 0 Å². The molecule has 5 nitrogen and oxygen atoms in total. The maximum Gasteiger partial charge on any atom is 0.307 e. The molecule has 0 saturated heterocycles. The normalized spacial score (nSPS) is 22.5. The smallest absolute Gasteiger partial charge is 0.307 e. The molecule has 1 heterocycles. The Kier molecular flexibility index (Phi) is 3.43. The number of hydrogen-bond acceptors (Lipinski definition) is 2. The lowest BCUT2D eigenvalue weighted by atomic mass is 10.1. The number of fused-ring (bicyclic) bond motifs is 1. The number of carbonyl (C=O) groups excluding carboxylic acids is 1. The molecule has 0 radical (unpaired) electrons. The molecule has 1 fully saturated rings. The van der Waals surface area contributed by atoms with Crippen LogP contribution in [-0.2, 0) is 16.0 Å².